The predicted octanol–water partition coefficient (Wildman–Crippen LogP) is 3.39. The van der Waals surface area contributed by atoms with Crippen LogP contribution in [0.2, 0.25) is 0 Å². The second-order valence-corrected chi connectivity index (χ2v) is 6.03. The van der Waals surface area contributed by atoms with Gasteiger partial charge in [-0.25, -0.2) is 4.79 Å². The zero-order valence-electron chi connectivity index (χ0n) is 14.3. The van der Waals surface area contributed by atoms with Crippen LogP contribution in [0.15, 0.2) is 24.3 Å². The lowest BCUT2D eigenvalue weighted by Gasteiger charge is -2.32. The third-order valence-electron chi connectivity index (χ3n) is 4.31. The van der Waals surface area contributed by atoms with Gasteiger partial charge >= 0.3 is 6.03 Å². The van der Waals surface area contributed by atoms with Crippen LogP contribution in [0.5, 0.6) is 0 Å². The average Bonchev–Trinajstić information content (AvgIpc) is 2.59. The number of nitrogens with zero attached hydrogens (tertiary/aromatic N) is 1. The Morgan fingerprint density at radius 1 is 1.22 bits per heavy atom. The first-order valence-corrected chi connectivity index (χ1v) is 8.67. The topological polar surface area (TPSA) is 53.6 Å². The number of ether oxygens (including phenoxy) is 1. The van der Waals surface area contributed by atoms with E-state index in [1.54, 1.807) is 0 Å². The van der Waals surface area contributed by atoms with E-state index in [1.165, 1.54) is 5.56 Å². The van der Waals surface area contributed by atoms with Crippen molar-refractivity contribution in [1.82, 2.24) is 10.2 Å². The van der Waals surface area contributed by atoms with Crippen LogP contribution in [0.3, 0.4) is 0 Å². The first kappa shape index (κ1) is 17.8. The number of urea groups is 1. The van der Waals surface area contributed by atoms with Crippen LogP contribution in [-0.4, -0.2) is 43.8 Å². The Morgan fingerprint density at radius 3 is 2.57 bits per heavy atom. The van der Waals surface area contributed by atoms with Gasteiger partial charge in [0, 0.05) is 31.4 Å². The van der Waals surface area contributed by atoms with E-state index in [4.69, 9.17) is 4.74 Å². The van der Waals surface area contributed by atoms with Crippen LogP contribution in [0.25, 0.3) is 0 Å². The molecule has 1 aliphatic heterocycles. The molecule has 2 amide bonds. The number of benzene rings is 1. The second-order valence-electron chi connectivity index (χ2n) is 6.03. The molecule has 2 N–H and O–H groups in total. The standard InChI is InChI=1S/C18H29N3O2/c1-3-4-5-10-19-18(22)20-17-8-6-16(7-9-17)15(2)21-11-13-23-14-12-21/h6-9,15H,3-5,10-14H2,1-2H3,(H2,19,20,22). The van der Waals surface area contributed by atoms with Gasteiger partial charge in [0.1, 0.15) is 0 Å². The molecule has 23 heavy (non-hydrogen) atoms. The Labute approximate surface area is 139 Å². The van der Waals surface area contributed by atoms with Gasteiger partial charge in [0.05, 0.1) is 13.2 Å². The summed E-state index contributed by atoms with van der Waals surface area (Å²) in [6.07, 6.45) is 3.33. The Kier molecular flexibility index (Phi) is 7.36. The Hall–Kier alpha value is -1.59. The van der Waals surface area contributed by atoms with E-state index in [9.17, 15) is 4.79 Å². The van der Waals surface area contributed by atoms with Gasteiger partial charge in [-0.1, -0.05) is 31.9 Å². The van der Waals surface area contributed by atoms with Crippen molar-refractivity contribution >= 4 is 11.7 Å². The fourth-order valence-electron chi connectivity index (χ4n) is 2.77. The number of anilines is 1. The van der Waals surface area contributed by atoms with Crippen molar-refractivity contribution in [2.24, 2.45) is 0 Å². The molecule has 0 aromatic heterocycles. The first-order valence-electron chi connectivity index (χ1n) is 8.67. The normalized spacial score (nSPS) is 16.8. The molecule has 0 radical (unpaired) electrons. The minimum Gasteiger partial charge on any atom is -0.379 e. The number of carbonyl (C=O) groups excluding carboxylic acids is 1. The van der Waals surface area contributed by atoms with Gasteiger partial charge in [-0.3, -0.25) is 4.90 Å². The molecular weight excluding hydrogens is 290 g/mol. The van der Waals surface area contributed by atoms with E-state index in [2.05, 4.69) is 41.5 Å². The molecule has 0 aliphatic carbocycles. The summed E-state index contributed by atoms with van der Waals surface area (Å²) >= 11 is 0. The lowest BCUT2D eigenvalue weighted by molar-refractivity contribution is 0.0198. The number of hydrogen-bond acceptors (Lipinski definition) is 3. The van der Waals surface area contributed by atoms with Gasteiger partial charge in [0.2, 0.25) is 0 Å². The Morgan fingerprint density at radius 2 is 1.91 bits per heavy atom. The molecule has 5 heteroatoms. The van der Waals surface area contributed by atoms with Crippen molar-refractivity contribution in [3.63, 3.8) is 0 Å². The Balaban J connectivity index is 1.80. The van der Waals surface area contributed by atoms with E-state index in [0.29, 0.717) is 6.04 Å². The van der Waals surface area contributed by atoms with Gasteiger partial charge < -0.3 is 15.4 Å². The second kappa shape index (κ2) is 9.53. The minimum atomic E-state index is -0.130. The number of rotatable bonds is 7. The maximum absolute atomic E-state index is 11.8. The molecular formula is C18H29N3O2. The first-order chi connectivity index (χ1) is 11.2. The highest BCUT2D eigenvalue weighted by atomic mass is 16.5. The van der Waals surface area contributed by atoms with Crippen molar-refractivity contribution in [3.05, 3.63) is 29.8 Å². The maximum Gasteiger partial charge on any atom is 0.319 e. The molecule has 1 aliphatic rings. The van der Waals surface area contributed by atoms with E-state index in [1.807, 2.05) is 12.1 Å². The fourth-order valence-corrected chi connectivity index (χ4v) is 2.77. The van der Waals surface area contributed by atoms with Gasteiger partial charge in [-0.05, 0) is 31.0 Å². The predicted molar refractivity (Wildman–Crippen MR) is 93.8 cm³/mol. The number of amides is 2. The summed E-state index contributed by atoms with van der Waals surface area (Å²) in [7, 11) is 0. The highest BCUT2D eigenvalue weighted by Gasteiger charge is 2.18. The van der Waals surface area contributed by atoms with Gasteiger partial charge in [0.25, 0.3) is 0 Å². The minimum absolute atomic E-state index is 0.130. The summed E-state index contributed by atoms with van der Waals surface area (Å²) in [5.41, 5.74) is 2.09. The fraction of sp³-hybridized carbons (Fsp3) is 0.611. The summed E-state index contributed by atoms with van der Waals surface area (Å²) in [5, 5.41) is 5.76. The zero-order valence-corrected chi connectivity index (χ0v) is 14.3. The summed E-state index contributed by atoms with van der Waals surface area (Å²) < 4.78 is 5.40. The maximum atomic E-state index is 11.8. The number of morpholine rings is 1. The average molecular weight is 319 g/mol. The molecule has 1 saturated heterocycles. The van der Waals surface area contributed by atoms with Crippen LogP contribution in [0.4, 0.5) is 10.5 Å². The summed E-state index contributed by atoms with van der Waals surface area (Å²) in [5.74, 6) is 0. The van der Waals surface area contributed by atoms with Gasteiger partial charge in [-0.2, -0.15) is 0 Å². The lowest BCUT2D eigenvalue weighted by Crippen LogP contribution is -2.38. The van der Waals surface area contributed by atoms with E-state index in [0.717, 1.165) is 57.8 Å². The van der Waals surface area contributed by atoms with Crippen LogP contribution >= 0.6 is 0 Å². The van der Waals surface area contributed by atoms with Gasteiger partial charge in [-0.15, -0.1) is 0 Å². The number of unbranched alkanes of at least 4 members (excludes halogenated alkanes) is 2. The zero-order chi connectivity index (χ0) is 16.5. The summed E-state index contributed by atoms with van der Waals surface area (Å²) in [6, 6.07) is 8.36. The summed E-state index contributed by atoms with van der Waals surface area (Å²) in [6.45, 7) is 8.66. The Bertz CT molecular complexity index is 470. The largest absolute Gasteiger partial charge is 0.379 e. The number of nitrogens with one attached hydrogen (secondary N) is 2. The van der Waals surface area contributed by atoms with Gasteiger partial charge in [0.15, 0.2) is 0 Å². The molecule has 5 nitrogen and oxygen atoms in total. The van der Waals surface area contributed by atoms with Crippen molar-refractivity contribution in [2.45, 2.75) is 39.2 Å². The number of hydrogen-bond donors (Lipinski definition) is 2. The van der Waals surface area contributed by atoms with E-state index < -0.39 is 0 Å². The molecule has 2 rings (SSSR count). The van der Waals surface area contributed by atoms with Crippen LogP contribution in [0.1, 0.15) is 44.7 Å². The molecule has 0 spiro atoms. The van der Waals surface area contributed by atoms with Crippen molar-refractivity contribution < 1.29 is 9.53 Å². The molecule has 1 atom stereocenters. The molecule has 0 bridgehead atoms. The van der Waals surface area contributed by atoms with Crippen molar-refractivity contribution in [3.8, 4) is 0 Å². The lowest BCUT2D eigenvalue weighted by atomic mass is 10.1. The quantitative estimate of drug-likeness (QED) is 0.758. The summed E-state index contributed by atoms with van der Waals surface area (Å²) in [4.78, 5) is 14.2. The number of carbonyl (C=O) groups is 1. The van der Waals surface area contributed by atoms with Crippen LogP contribution in [-0.2, 0) is 4.74 Å². The monoisotopic (exact) mass is 319 g/mol. The molecule has 1 unspecified atom stereocenters. The highest BCUT2D eigenvalue weighted by molar-refractivity contribution is 5.89. The van der Waals surface area contributed by atoms with Crippen molar-refractivity contribution in [2.75, 3.05) is 38.2 Å². The molecule has 1 fully saturated rings. The third kappa shape index (κ3) is 5.84. The smallest absolute Gasteiger partial charge is 0.319 e. The molecule has 1 heterocycles. The van der Waals surface area contributed by atoms with E-state index in [-0.39, 0.29) is 6.03 Å². The highest BCUT2D eigenvalue weighted by Crippen LogP contribution is 2.22. The van der Waals surface area contributed by atoms with Crippen LogP contribution in [0, 0.1) is 0 Å². The SMILES string of the molecule is CCCCCNC(=O)Nc1ccc(C(C)N2CCOCC2)cc1. The molecule has 128 valence electrons. The third-order valence-corrected chi connectivity index (χ3v) is 4.31. The van der Waals surface area contributed by atoms with Crippen LogP contribution < -0.4 is 10.6 Å². The van der Waals surface area contributed by atoms with E-state index >= 15 is 0 Å². The molecule has 0 saturated carbocycles. The molecule has 1 aromatic carbocycles. The molecule has 1 aromatic rings. The van der Waals surface area contributed by atoms with Crippen molar-refractivity contribution in [1.29, 1.82) is 0 Å².